The third kappa shape index (κ3) is 16.6. The van der Waals surface area contributed by atoms with E-state index in [1.165, 1.54) is 12.5 Å². The van der Waals surface area contributed by atoms with Gasteiger partial charge in [0, 0.05) is 71.0 Å². The Bertz CT molecular complexity index is 1780. The lowest BCUT2D eigenvalue weighted by Crippen LogP contribution is -2.46. The first-order chi connectivity index (χ1) is 28.0. The Morgan fingerprint density at radius 3 is 2.38 bits per heavy atom. The molecule has 4 aromatic rings. The van der Waals surface area contributed by atoms with Crippen LogP contribution in [0.1, 0.15) is 56.2 Å². The number of aliphatic hydroxyl groups excluding tert-OH is 2. The topological polar surface area (TPSA) is 239 Å². The van der Waals surface area contributed by atoms with Crippen molar-refractivity contribution in [1.82, 2.24) is 24.3 Å². The van der Waals surface area contributed by atoms with Crippen molar-refractivity contribution in [2.45, 2.75) is 65.3 Å². The number of piperazine rings is 1. The number of rotatable bonds is 21. The number of benzene rings is 2. The molecule has 17 nitrogen and oxygen atoms in total. The summed E-state index contributed by atoms with van der Waals surface area (Å²) in [4.78, 5) is 33.3. The van der Waals surface area contributed by atoms with E-state index in [-0.39, 0.29) is 24.9 Å². The first-order valence-electron chi connectivity index (χ1n) is 19.7. The zero-order valence-corrected chi connectivity index (χ0v) is 35.2. The van der Waals surface area contributed by atoms with Crippen LogP contribution in [0.5, 0.6) is 11.5 Å². The number of nitrogen functional groups attached to an aromatic ring is 1. The average molecular weight is 830 g/mol. The Morgan fingerprint density at radius 1 is 1.02 bits per heavy atom. The molecule has 0 bridgehead atoms. The predicted octanol–water partition coefficient (Wildman–Crippen LogP) is 3.88. The number of nitrogens with one attached hydrogen (secondary N) is 2. The van der Waals surface area contributed by atoms with Crippen LogP contribution in [0.25, 0.3) is 11.0 Å². The first kappa shape index (κ1) is 48.2. The van der Waals surface area contributed by atoms with Gasteiger partial charge >= 0.3 is 8.60 Å². The number of carbonyl (C=O) groups is 1. The van der Waals surface area contributed by atoms with E-state index in [0.717, 1.165) is 105 Å². The fourth-order valence-corrected chi connectivity index (χ4v) is 6.52. The maximum Gasteiger partial charge on any atom is 0.330 e. The van der Waals surface area contributed by atoms with Gasteiger partial charge in [-0.05, 0) is 55.3 Å². The Labute approximate surface area is 343 Å². The number of carbonyl (C=O) groups excluding carboxylic acids is 1. The smallest absolute Gasteiger partial charge is 0.330 e. The molecule has 10 N–H and O–H groups in total. The number of methoxy groups -OCH3 is 1. The maximum atomic E-state index is 10.2. The van der Waals surface area contributed by atoms with Crippen LogP contribution in [0.3, 0.4) is 0 Å². The molecule has 0 radical (unpaired) electrons. The van der Waals surface area contributed by atoms with E-state index in [2.05, 4.69) is 60.1 Å². The number of ether oxygens (including phenoxy) is 1. The monoisotopic (exact) mass is 829 g/mol. The summed E-state index contributed by atoms with van der Waals surface area (Å²) in [6, 6.07) is 13.6. The minimum absolute atomic E-state index is 0.139. The minimum atomic E-state index is -1.98. The Balaban J connectivity index is 0.000000803. The van der Waals surface area contributed by atoms with Gasteiger partial charge in [0.2, 0.25) is 5.95 Å². The standard InChI is InChI=1S/C34H49N8O5P.C3H7NO.C3H8O2/c1-4-5-6-12-37-33-32-28(38-34(35)39-33)11-13-42(32)23-27-9-7-25(21-31(27)45-3)22-41-16-14-40(15-17-41)18-19-46-48(44)47-24-26-8-10-30(43)29(20-26)36-2;4-2-1-3-5;1-3(5)2-4/h7-11,13,20-21,36,43-44H,4-6,12,14-19,22-24H2,1-3H3,(H3,35,37,38,39);3H,1-2,4H2;3-5H,2H2,1H3. The highest BCUT2D eigenvalue weighted by Crippen LogP contribution is 2.35. The molecular weight excluding hydrogens is 765 g/mol. The van der Waals surface area contributed by atoms with E-state index in [1.807, 2.05) is 12.3 Å². The van der Waals surface area contributed by atoms with Crippen LogP contribution in [-0.2, 0) is 33.5 Å². The summed E-state index contributed by atoms with van der Waals surface area (Å²) in [6.07, 6.45) is 6.16. The second kappa shape index (κ2) is 26.8. The number of phenols is 1. The van der Waals surface area contributed by atoms with Crippen molar-refractivity contribution < 1.29 is 38.8 Å². The number of aromatic nitrogens is 3. The number of nitrogens with zero attached hydrogens (tertiary/aromatic N) is 5. The molecule has 322 valence electrons. The van der Waals surface area contributed by atoms with Crippen molar-refractivity contribution in [3.63, 3.8) is 0 Å². The van der Waals surface area contributed by atoms with Crippen LogP contribution in [0.2, 0.25) is 0 Å². The molecule has 1 aliphatic heterocycles. The van der Waals surface area contributed by atoms with E-state index in [1.54, 1.807) is 32.4 Å². The van der Waals surface area contributed by atoms with Crippen LogP contribution in [0.4, 0.5) is 17.5 Å². The lowest BCUT2D eigenvalue weighted by atomic mass is 10.1. The van der Waals surface area contributed by atoms with Crippen LogP contribution < -0.4 is 26.8 Å². The Kier molecular flexibility index (Phi) is 22.2. The van der Waals surface area contributed by atoms with Gasteiger partial charge in [-0.2, -0.15) is 4.98 Å². The Morgan fingerprint density at radius 2 is 1.74 bits per heavy atom. The quantitative estimate of drug-likeness (QED) is 0.0257. The molecule has 5 rings (SSSR count). The molecule has 1 fully saturated rings. The third-order valence-electron chi connectivity index (χ3n) is 9.09. The van der Waals surface area contributed by atoms with Gasteiger partial charge in [-0.25, -0.2) is 4.98 Å². The highest BCUT2D eigenvalue weighted by molar-refractivity contribution is 7.40. The third-order valence-corrected chi connectivity index (χ3v) is 9.85. The highest BCUT2D eigenvalue weighted by Gasteiger charge is 2.19. The molecule has 0 aliphatic carbocycles. The summed E-state index contributed by atoms with van der Waals surface area (Å²) in [5.41, 5.74) is 16.4. The fraction of sp³-hybridized carbons (Fsp3) is 0.525. The zero-order chi connectivity index (χ0) is 42.3. The molecule has 3 heterocycles. The van der Waals surface area contributed by atoms with E-state index >= 15 is 0 Å². The number of phenolic OH excluding ortho intramolecular Hbond substituents is 1. The van der Waals surface area contributed by atoms with Gasteiger partial charge < -0.3 is 65.5 Å². The number of nitrogens with two attached hydrogens (primary N) is 2. The second-order valence-electron chi connectivity index (χ2n) is 13.7. The molecule has 2 aromatic heterocycles. The van der Waals surface area contributed by atoms with Crippen molar-refractivity contribution >= 4 is 43.4 Å². The number of aliphatic hydroxyl groups is 2. The van der Waals surface area contributed by atoms with E-state index in [9.17, 15) is 14.8 Å². The number of aldehydes is 1. The number of unbranched alkanes of at least 4 members (excludes halogenated alkanes) is 2. The van der Waals surface area contributed by atoms with Crippen LogP contribution in [0, 0.1) is 0 Å². The number of anilines is 3. The first-order valence-corrected chi connectivity index (χ1v) is 20.8. The summed E-state index contributed by atoms with van der Waals surface area (Å²) in [6.45, 7) is 11.4. The molecule has 18 heteroatoms. The molecule has 1 saturated heterocycles. The fourth-order valence-electron chi connectivity index (χ4n) is 5.95. The van der Waals surface area contributed by atoms with Gasteiger partial charge in [0.25, 0.3) is 0 Å². The normalized spacial score (nSPS) is 14.1. The van der Waals surface area contributed by atoms with Gasteiger partial charge in [-0.15, -0.1) is 0 Å². The molecular formula is C40H64N9O8P. The molecule has 58 heavy (non-hydrogen) atoms. The minimum Gasteiger partial charge on any atom is -0.506 e. The SMILES string of the molecule is CC(O)CO.CCCCCNc1nc(N)nc2ccn(Cc3ccc(CN4CCN(CCOP(O)OCc5ccc(O)c(NC)c5)CC4)cc3OC)c12.NCCC=O. The van der Waals surface area contributed by atoms with Crippen molar-refractivity contribution in [3.05, 3.63) is 65.4 Å². The van der Waals surface area contributed by atoms with E-state index in [4.69, 9.17) is 35.5 Å². The van der Waals surface area contributed by atoms with Crippen LogP contribution in [0.15, 0.2) is 48.7 Å². The van der Waals surface area contributed by atoms with Crippen LogP contribution in [-0.4, -0.2) is 130 Å². The van der Waals surface area contributed by atoms with Crippen molar-refractivity contribution in [1.29, 1.82) is 0 Å². The highest BCUT2D eigenvalue weighted by atomic mass is 31.2. The summed E-state index contributed by atoms with van der Waals surface area (Å²) in [7, 11) is 1.48. The van der Waals surface area contributed by atoms with Gasteiger partial charge in [0.15, 0.2) is 5.82 Å². The number of fused-ring (bicyclic) bond motifs is 1. The number of hydrogen-bond acceptors (Lipinski definition) is 16. The van der Waals surface area contributed by atoms with Crippen molar-refractivity contribution in [2.24, 2.45) is 5.73 Å². The van der Waals surface area contributed by atoms with Crippen molar-refractivity contribution in [2.75, 3.05) is 89.6 Å². The van der Waals surface area contributed by atoms with Gasteiger partial charge in [-0.1, -0.05) is 38.0 Å². The van der Waals surface area contributed by atoms with Crippen LogP contribution >= 0.6 is 8.60 Å². The number of aromatic hydroxyl groups is 1. The van der Waals surface area contributed by atoms with Gasteiger partial charge in [0.1, 0.15) is 23.3 Å². The molecule has 0 spiro atoms. The molecule has 1 aliphatic rings. The lowest BCUT2D eigenvalue weighted by molar-refractivity contribution is -0.107. The average Bonchev–Trinajstić information content (AvgIpc) is 3.63. The van der Waals surface area contributed by atoms with E-state index < -0.39 is 14.7 Å². The lowest BCUT2D eigenvalue weighted by Gasteiger charge is -2.34. The van der Waals surface area contributed by atoms with Gasteiger partial charge in [0.05, 0.1) is 50.8 Å². The molecule has 2 aromatic carbocycles. The van der Waals surface area contributed by atoms with Gasteiger partial charge in [-0.3, -0.25) is 9.80 Å². The molecule has 0 saturated carbocycles. The summed E-state index contributed by atoms with van der Waals surface area (Å²) >= 11 is 0. The van der Waals surface area contributed by atoms with Crippen molar-refractivity contribution in [3.8, 4) is 11.5 Å². The zero-order valence-electron chi connectivity index (χ0n) is 34.3. The largest absolute Gasteiger partial charge is 0.506 e. The summed E-state index contributed by atoms with van der Waals surface area (Å²) in [5.74, 6) is 2.06. The second-order valence-corrected chi connectivity index (χ2v) is 14.7. The van der Waals surface area contributed by atoms with E-state index in [0.29, 0.717) is 31.8 Å². The molecule has 2 atom stereocenters. The maximum absolute atomic E-state index is 10.2. The summed E-state index contributed by atoms with van der Waals surface area (Å²) < 4.78 is 19.0. The predicted molar refractivity (Wildman–Crippen MR) is 230 cm³/mol. The Hall–Kier alpha value is -4.16. The molecule has 2 unspecified atom stereocenters. The summed E-state index contributed by atoms with van der Waals surface area (Å²) in [5, 5.41) is 32.2. The molecule has 0 amide bonds. The number of hydrogen-bond donors (Lipinski definition) is 8.